The van der Waals surface area contributed by atoms with Crippen molar-refractivity contribution in [1.82, 2.24) is 15.1 Å². The number of urea groups is 1. The minimum atomic E-state index is -0.983. The van der Waals surface area contributed by atoms with E-state index in [1.165, 1.54) is 4.90 Å². The van der Waals surface area contributed by atoms with E-state index in [9.17, 15) is 14.4 Å². The number of hydrogen-bond donors (Lipinski definition) is 1. The molecule has 0 bridgehead atoms. The van der Waals surface area contributed by atoms with E-state index in [0.29, 0.717) is 32.0 Å². The molecule has 6 heteroatoms. The monoisotopic (exact) mass is 295 g/mol. The Labute approximate surface area is 125 Å². The Hall–Kier alpha value is -1.43. The predicted molar refractivity (Wildman–Crippen MR) is 78.5 cm³/mol. The highest BCUT2D eigenvalue weighted by Crippen LogP contribution is 2.41. The van der Waals surface area contributed by atoms with Gasteiger partial charge >= 0.3 is 6.03 Å². The number of carbonyl (C=O) groups excluding carboxylic acids is 3. The molecule has 1 aliphatic carbocycles. The maximum atomic E-state index is 12.6. The van der Waals surface area contributed by atoms with Gasteiger partial charge in [-0.15, -0.1) is 0 Å². The van der Waals surface area contributed by atoms with Crippen LogP contribution in [0.25, 0.3) is 0 Å². The molecule has 1 unspecified atom stereocenters. The Bertz CT molecular complexity index is 443. The van der Waals surface area contributed by atoms with Crippen LogP contribution >= 0.6 is 0 Å². The molecule has 1 saturated heterocycles. The highest BCUT2D eigenvalue weighted by molar-refractivity contribution is 6.19. The van der Waals surface area contributed by atoms with Crippen LogP contribution in [0.3, 0.4) is 0 Å². The zero-order valence-corrected chi connectivity index (χ0v) is 13.1. The van der Waals surface area contributed by atoms with Gasteiger partial charge in [-0.25, -0.2) is 4.79 Å². The Balaban J connectivity index is 2.06. The molecule has 1 N–H and O–H groups in total. The van der Waals surface area contributed by atoms with E-state index in [1.54, 1.807) is 0 Å². The lowest BCUT2D eigenvalue weighted by atomic mass is 9.82. The molecule has 2 rings (SSSR count). The molecule has 0 aromatic heterocycles. The molecule has 21 heavy (non-hydrogen) atoms. The van der Waals surface area contributed by atoms with Crippen LogP contribution in [0, 0.1) is 5.41 Å². The van der Waals surface area contributed by atoms with Crippen molar-refractivity contribution in [3.63, 3.8) is 0 Å². The molecule has 6 nitrogen and oxygen atoms in total. The molecule has 0 aromatic carbocycles. The van der Waals surface area contributed by atoms with Crippen LogP contribution in [-0.2, 0) is 9.59 Å². The van der Waals surface area contributed by atoms with Gasteiger partial charge in [0.25, 0.3) is 0 Å². The number of nitrogens with zero attached hydrogens (tertiary/aromatic N) is 2. The van der Waals surface area contributed by atoms with Crippen LogP contribution in [0.1, 0.15) is 46.0 Å². The standard InChI is InChI=1S/C15H25N3O3/c1-4-11(2)17(3)9-10-18-13(20)15(7-5-6-8-15)12(19)16-14(18)21/h11H,4-10H2,1-3H3,(H,16,19,21). The lowest BCUT2D eigenvalue weighted by Gasteiger charge is -2.37. The first-order valence-electron chi connectivity index (χ1n) is 7.80. The van der Waals surface area contributed by atoms with Crippen molar-refractivity contribution >= 4 is 17.8 Å². The SMILES string of the molecule is CCC(C)N(C)CCN1C(=O)NC(=O)C2(CCCC2)C1=O. The maximum Gasteiger partial charge on any atom is 0.330 e. The van der Waals surface area contributed by atoms with Gasteiger partial charge in [-0.3, -0.25) is 19.8 Å². The Morgan fingerprint density at radius 2 is 1.90 bits per heavy atom. The molecule has 2 fully saturated rings. The Morgan fingerprint density at radius 3 is 2.48 bits per heavy atom. The summed E-state index contributed by atoms with van der Waals surface area (Å²) in [5, 5.41) is 2.37. The molecule has 1 spiro atoms. The molecule has 4 amide bonds. The van der Waals surface area contributed by atoms with Gasteiger partial charge in [0.15, 0.2) is 0 Å². The number of carbonyl (C=O) groups is 3. The second-order valence-electron chi connectivity index (χ2n) is 6.24. The molecular weight excluding hydrogens is 270 g/mol. The van der Waals surface area contributed by atoms with Crippen molar-refractivity contribution in [2.75, 3.05) is 20.1 Å². The number of barbiturate groups is 1. The zero-order valence-electron chi connectivity index (χ0n) is 13.1. The summed E-state index contributed by atoms with van der Waals surface area (Å²) >= 11 is 0. The summed E-state index contributed by atoms with van der Waals surface area (Å²) in [5.41, 5.74) is -0.983. The fourth-order valence-electron chi connectivity index (χ4n) is 3.14. The lowest BCUT2D eigenvalue weighted by molar-refractivity contribution is -0.151. The zero-order chi connectivity index (χ0) is 15.6. The average molecular weight is 295 g/mol. The van der Waals surface area contributed by atoms with E-state index < -0.39 is 17.4 Å². The summed E-state index contributed by atoms with van der Waals surface area (Å²) in [6.07, 6.45) is 3.87. The summed E-state index contributed by atoms with van der Waals surface area (Å²) in [4.78, 5) is 40.0. The van der Waals surface area contributed by atoms with Crippen molar-refractivity contribution in [1.29, 1.82) is 0 Å². The summed E-state index contributed by atoms with van der Waals surface area (Å²) in [5.74, 6) is -0.701. The van der Waals surface area contributed by atoms with Gasteiger partial charge in [-0.05, 0) is 33.2 Å². The normalized spacial score (nSPS) is 23.0. The summed E-state index contributed by atoms with van der Waals surface area (Å²) in [6, 6.07) is -0.171. The lowest BCUT2D eigenvalue weighted by Crippen LogP contribution is -2.63. The predicted octanol–water partition coefficient (Wildman–Crippen LogP) is 1.36. The van der Waals surface area contributed by atoms with E-state index >= 15 is 0 Å². The smallest absolute Gasteiger partial charge is 0.302 e. The molecule has 1 atom stereocenters. The average Bonchev–Trinajstić information content (AvgIpc) is 2.95. The van der Waals surface area contributed by atoms with Crippen molar-refractivity contribution in [3.05, 3.63) is 0 Å². The second-order valence-corrected chi connectivity index (χ2v) is 6.24. The highest BCUT2D eigenvalue weighted by Gasteiger charge is 2.54. The maximum absolute atomic E-state index is 12.6. The topological polar surface area (TPSA) is 69.7 Å². The van der Waals surface area contributed by atoms with Gasteiger partial charge in [0.05, 0.1) is 0 Å². The summed E-state index contributed by atoms with van der Waals surface area (Å²) in [6.45, 7) is 5.17. The first-order chi connectivity index (χ1) is 9.92. The van der Waals surface area contributed by atoms with Crippen molar-refractivity contribution in [2.24, 2.45) is 5.41 Å². The van der Waals surface area contributed by atoms with Crippen molar-refractivity contribution in [3.8, 4) is 0 Å². The molecule has 1 saturated carbocycles. The fourth-order valence-corrected chi connectivity index (χ4v) is 3.14. The Morgan fingerprint density at radius 1 is 1.29 bits per heavy atom. The summed E-state index contributed by atoms with van der Waals surface area (Å²) < 4.78 is 0. The van der Waals surface area contributed by atoms with E-state index in [2.05, 4.69) is 24.1 Å². The fraction of sp³-hybridized carbons (Fsp3) is 0.800. The van der Waals surface area contributed by atoms with Gasteiger partial charge in [-0.2, -0.15) is 0 Å². The molecular formula is C15H25N3O3. The van der Waals surface area contributed by atoms with Gasteiger partial charge in [0.1, 0.15) is 5.41 Å². The van der Waals surface area contributed by atoms with Crippen LogP contribution in [0.2, 0.25) is 0 Å². The first-order valence-corrected chi connectivity index (χ1v) is 7.80. The van der Waals surface area contributed by atoms with Crippen LogP contribution < -0.4 is 5.32 Å². The van der Waals surface area contributed by atoms with Crippen molar-refractivity contribution < 1.29 is 14.4 Å². The van der Waals surface area contributed by atoms with Crippen molar-refractivity contribution in [2.45, 2.75) is 52.0 Å². The third kappa shape index (κ3) is 2.81. The van der Waals surface area contributed by atoms with Crippen LogP contribution in [0.4, 0.5) is 4.79 Å². The van der Waals surface area contributed by atoms with Gasteiger partial charge < -0.3 is 4.90 Å². The minimum absolute atomic E-state index is 0.300. The number of imide groups is 2. The molecule has 118 valence electrons. The third-order valence-electron chi connectivity index (χ3n) is 5.03. The molecule has 1 heterocycles. The van der Waals surface area contributed by atoms with Gasteiger partial charge in [0.2, 0.25) is 11.8 Å². The molecule has 0 aromatic rings. The number of likely N-dealkylation sites (N-methyl/N-ethyl adjacent to an activating group) is 1. The van der Waals surface area contributed by atoms with Crippen LogP contribution in [-0.4, -0.2) is 53.8 Å². The van der Waals surface area contributed by atoms with Gasteiger partial charge in [-0.1, -0.05) is 19.8 Å². The number of rotatable bonds is 5. The summed E-state index contributed by atoms with van der Waals surface area (Å²) in [7, 11) is 1.98. The number of amides is 4. The van der Waals surface area contributed by atoms with Crippen LogP contribution in [0.15, 0.2) is 0 Å². The molecule has 1 aliphatic heterocycles. The number of hydrogen-bond acceptors (Lipinski definition) is 4. The minimum Gasteiger partial charge on any atom is -0.302 e. The second kappa shape index (κ2) is 6.13. The third-order valence-corrected chi connectivity index (χ3v) is 5.03. The Kier molecular flexibility index (Phi) is 4.66. The van der Waals surface area contributed by atoms with E-state index in [-0.39, 0.29) is 5.91 Å². The number of nitrogens with one attached hydrogen (secondary N) is 1. The van der Waals surface area contributed by atoms with Gasteiger partial charge in [0, 0.05) is 19.1 Å². The first kappa shape index (κ1) is 15.9. The molecule has 0 radical (unpaired) electrons. The largest absolute Gasteiger partial charge is 0.330 e. The van der Waals surface area contributed by atoms with E-state index in [0.717, 1.165) is 19.3 Å². The van der Waals surface area contributed by atoms with E-state index in [4.69, 9.17) is 0 Å². The van der Waals surface area contributed by atoms with Crippen LogP contribution in [0.5, 0.6) is 0 Å². The quantitative estimate of drug-likeness (QED) is 0.777. The molecule has 2 aliphatic rings. The highest BCUT2D eigenvalue weighted by atomic mass is 16.2. The van der Waals surface area contributed by atoms with E-state index in [1.807, 2.05) is 7.05 Å².